The average molecular weight is 264 g/mol. The third-order valence-corrected chi connectivity index (χ3v) is 3.38. The molecule has 4 nitrogen and oxygen atoms in total. The van der Waals surface area contributed by atoms with Crippen molar-refractivity contribution in [3.8, 4) is 0 Å². The molecule has 0 aliphatic carbocycles. The van der Waals surface area contributed by atoms with Crippen LogP contribution < -0.4 is 5.32 Å². The van der Waals surface area contributed by atoms with Crippen LogP contribution in [0.4, 0.5) is 0 Å². The zero-order chi connectivity index (χ0) is 14.7. The number of carboxylic acids is 1. The van der Waals surface area contributed by atoms with Gasteiger partial charge in [0, 0.05) is 17.4 Å². The monoisotopic (exact) mass is 264 g/mol. The van der Waals surface area contributed by atoms with Gasteiger partial charge in [0.25, 0.3) is 0 Å². The molecular weight excluding hydrogens is 240 g/mol. The summed E-state index contributed by atoms with van der Waals surface area (Å²) >= 11 is 0. The predicted molar refractivity (Wildman–Crippen MR) is 76.3 cm³/mol. The van der Waals surface area contributed by atoms with Gasteiger partial charge in [-0.15, -0.1) is 0 Å². The number of pyridine rings is 1. The highest BCUT2D eigenvalue weighted by Crippen LogP contribution is 2.22. The number of carbonyl (C=O) groups is 1. The topological polar surface area (TPSA) is 62.2 Å². The highest BCUT2D eigenvalue weighted by Gasteiger charge is 2.24. The summed E-state index contributed by atoms with van der Waals surface area (Å²) in [6.07, 6.45) is 0. The van der Waals surface area contributed by atoms with Gasteiger partial charge in [-0.25, -0.2) is 0 Å². The molecule has 1 aromatic heterocycles. The van der Waals surface area contributed by atoms with Crippen LogP contribution >= 0.6 is 0 Å². The summed E-state index contributed by atoms with van der Waals surface area (Å²) in [6, 6.07) is 1.46. The van der Waals surface area contributed by atoms with E-state index in [9.17, 15) is 9.90 Å². The molecule has 0 aliphatic rings. The molecule has 0 amide bonds. The van der Waals surface area contributed by atoms with Crippen molar-refractivity contribution in [2.45, 2.75) is 53.6 Å². The van der Waals surface area contributed by atoms with Gasteiger partial charge >= 0.3 is 5.97 Å². The quantitative estimate of drug-likeness (QED) is 0.858. The molecule has 0 spiro atoms. The fourth-order valence-electron chi connectivity index (χ4n) is 2.59. The van der Waals surface area contributed by atoms with Crippen LogP contribution in [0, 0.1) is 26.7 Å². The molecule has 106 valence electrons. The lowest BCUT2D eigenvalue weighted by atomic mass is 9.97. The summed E-state index contributed by atoms with van der Waals surface area (Å²) in [7, 11) is 0. The Morgan fingerprint density at radius 3 is 2.26 bits per heavy atom. The Morgan fingerprint density at radius 1 is 1.26 bits per heavy atom. The smallest absolute Gasteiger partial charge is 0.320 e. The van der Waals surface area contributed by atoms with Gasteiger partial charge in [-0.3, -0.25) is 15.1 Å². The van der Waals surface area contributed by atoms with Crippen LogP contribution in [-0.4, -0.2) is 22.1 Å². The molecule has 0 saturated carbocycles. The lowest BCUT2D eigenvalue weighted by Crippen LogP contribution is -2.42. The maximum absolute atomic E-state index is 11.3. The molecule has 1 rings (SSSR count). The number of nitrogens with zero attached hydrogens (tertiary/aromatic N) is 1. The molecule has 0 bridgehead atoms. The van der Waals surface area contributed by atoms with Crippen LogP contribution in [0.1, 0.15) is 49.3 Å². The number of nitrogens with one attached hydrogen (secondary N) is 1. The van der Waals surface area contributed by atoms with Gasteiger partial charge in [0.1, 0.15) is 6.04 Å². The zero-order valence-corrected chi connectivity index (χ0v) is 12.6. The highest BCUT2D eigenvalue weighted by molar-refractivity contribution is 5.73. The second-order valence-electron chi connectivity index (χ2n) is 5.53. The normalized spacial score (nSPS) is 14.5. The fraction of sp³-hybridized carbons (Fsp3) is 0.600. The second kappa shape index (κ2) is 6.15. The Kier molecular flexibility index (Phi) is 5.06. The van der Waals surface area contributed by atoms with Crippen LogP contribution in [0.2, 0.25) is 0 Å². The van der Waals surface area contributed by atoms with Gasteiger partial charge in [-0.05, 0) is 50.8 Å². The molecule has 0 radical (unpaired) electrons. The standard InChI is InChI=1S/C15H24N2O2/c1-8(2)14(15(18)19)17-12(6)13-9(3)7-10(4)16-11(13)5/h7-8,12,14,17H,1-6H3,(H,18,19). The van der Waals surface area contributed by atoms with Crippen LogP contribution in [0.25, 0.3) is 0 Å². The van der Waals surface area contributed by atoms with Gasteiger partial charge < -0.3 is 5.11 Å². The van der Waals surface area contributed by atoms with Crippen molar-refractivity contribution in [1.29, 1.82) is 0 Å². The molecule has 4 heteroatoms. The maximum atomic E-state index is 11.3. The first kappa shape index (κ1) is 15.6. The van der Waals surface area contributed by atoms with E-state index in [1.807, 2.05) is 47.6 Å². The first-order valence-corrected chi connectivity index (χ1v) is 6.67. The van der Waals surface area contributed by atoms with E-state index in [-0.39, 0.29) is 12.0 Å². The van der Waals surface area contributed by atoms with E-state index in [2.05, 4.69) is 10.3 Å². The number of hydrogen-bond acceptors (Lipinski definition) is 3. The Labute approximate surface area is 115 Å². The Hall–Kier alpha value is -1.42. The van der Waals surface area contributed by atoms with Gasteiger partial charge in [0.05, 0.1) is 0 Å². The maximum Gasteiger partial charge on any atom is 0.320 e. The van der Waals surface area contributed by atoms with Crippen LogP contribution in [-0.2, 0) is 4.79 Å². The SMILES string of the molecule is Cc1cc(C)c(C(C)NC(C(=O)O)C(C)C)c(C)n1. The molecular formula is C15H24N2O2. The zero-order valence-electron chi connectivity index (χ0n) is 12.6. The summed E-state index contributed by atoms with van der Waals surface area (Å²) in [5, 5.41) is 12.4. The Bertz CT molecular complexity index is 446. The van der Waals surface area contributed by atoms with Crippen molar-refractivity contribution >= 4 is 5.97 Å². The van der Waals surface area contributed by atoms with E-state index in [1.54, 1.807) is 0 Å². The van der Waals surface area contributed by atoms with E-state index in [0.717, 1.165) is 22.5 Å². The Balaban J connectivity index is 3.01. The van der Waals surface area contributed by atoms with Gasteiger partial charge in [-0.2, -0.15) is 0 Å². The summed E-state index contributed by atoms with van der Waals surface area (Å²) in [6.45, 7) is 11.8. The summed E-state index contributed by atoms with van der Waals surface area (Å²) < 4.78 is 0. The van der Waals surface area contributed by atoms with Crippen molar-refractivity contribution in [1.82, 2.24) is 10.3 Å². The number of rotatable bonds is 5. The number of hydrogen-bond donors (Lipinski definition) is 2. The third-order valence-electron chi connectivity index (χ3n) is 3.38. The van der Waals surface area contributed by atoms with Crippen LogP contribution in [0.3, 0.4) is 0 Å². The van der Waals surface area contributed by atoms with Gasteiger partial charge in [0.2, 0.25) is 0 Å². The van der Waals surface area contributed by atoms with Crippen LogP contribution in [0.5, 0.6) is 0 Å². The molecule has 19 heavy (non-hydrogen) atoms. The largest absolute Gasteiger partial charge is 0.480 e. The minimum atomic E-state index is -0.808. The van der Waals surface area contributed by atoms with Crippen molar-refractivity contribution in [3.05, 3.63) is 28.6 Å². The summed E-state index contributed by atoms with van der Waals surface area (Å²) in [4.78, 5) is 15.7. The van der Waals surface area contributed by atoms with E-state index in [1.165, 1.54) is 0 Å². The molecule has 0 aliphatic heterocycles. The Morgan fingerprint density at radius 2 is 1.84 bits per heavy atom. The van der Waals surface area contributed by atoms with E-state index >= 15 is 0 Å². The number of aromatic nitrogens is 1. The molecule has 2 atom stereocenters. The van der Waals surface area contributed by atoms with E-state index in [0.29, 0.717) is 0 Å². The van der Waals surface area contributed by atoms with E-state index < -0.39 is 12.0 Å². The second-order valence-corrected chi connectivity index (χ2v) is 5.53. The highest BCUT2D eigenvalue weighted by atomic mass is 16.4. The number of aryl methyl sites for hydroxylation is 3. The first-order valence-electron chi connectivity index (χ1n) is 6.67. The van der Waals surface area contributed by atoms with Crippen molar-refractivity contribution in [3.63, 3.8) is 0 Å². The van der Waals surface area contributed by atoms with Crippen molar-refractivity contribution in [2.75, 3.05) is 0 Å². The van der Waals surface area contributed by atoms with Crippen molar-refractivity contribution < 1.29 is 9.90 Å². The third kappa shape index (κ3) is 3.77. The van der Waals surface area contributed by atoms with Gasteiger partial charge in [-0.1, -0.05) is 13.8 Å². The van der Waals surface area contributed by atoms with E-state index in [4.69, 9.17) is 0 Å². The fourth-order valence-corrected chi connectivity index (χ4v) is 2.59. The predicted octanol–water partition coefficient (Wildman–Crippen LogP) is 2.77. The molecule has 0 aromatic carbocycles. The lowest BCUT2D eigenvalue weighted by molar-refractivity contribution is -0.140. The molecule has 2 N–H and O–H groups in total. The minimum absolute atomic E-state index is 0.0309. The molecule has 0 fully saturated rings. The van der Waals surface area contributed by atoms with Gasteiger partial charge in [0.15, 0.2) is 0 Å². The first-order chi connectivity index (χ1) is 8.73. The number of carboxylic acid groups (broad SMARTS) is 1. The molecule has 1 aromatic rings. The number of aliphatic carboxylic acids is 1. The van der Waals surface area contributed by atoms with Crippen LogP contribution in [0.15, 0.2) is 6.07 Å². The van der Waals surface area contributed by atoms with Crippen molar-refractivity contribution in [2.24, 2.45) is 5.92 Å². The lowest BCUT2D eigenvalue weighted by Gasteiger charge is -2.25. The summed E-state index contributed by atoms with van der Waals surface area (Å²) in [5.41, 5.74) is 4.20. The minimum Gasteiger partial charge on any atom is -0.480 e. The molecule has 2 unspecified atom stereocenters. The summed E-state index contributed by atoms with van der Waals surface area (Å²) in [5.74, 6) is -0.767. The molecule has 0 saturated heterocycles. The average Bonchev–Trinajstić information content (AvgIpc) is 2.23. The molecule has 1 heterocycles.